The molecule has 5 nitrogen and oxygen atoms in total. The van der Waals surface area contributed by atoms with E-state index < -0.39 is 0 Å². The van der Waals surface area contributed by atoms with Gasteiger partial charge in [-0.2, -0.15) is 0 Å². The van der Waals surface area contributed by atoms with E-state index in [2.05, 4.69) is 14.9 Å². The molecule has 1 saturated heterocycles. The van der Waals surface area contributed by atoms with E-state index in [0.29, 0.717) is 12.5 Å². The Bertz CT molecular complexity index is 213. The fraction of sp³-hybridized carbons (Fsp3) is 1.00. The van der Waals surface area contributed by atoms with Crippen LogP contribution in [0, 0.1) is 5.92 Å². The lowest BCUT2D eigenvalue weighted by atomic mass is 9.99. The van der Waals surface area contributed by atoms with Crippen molar-refractivity contribution in [3.05, 3.63) is 10.4 Å². The first-order valence-corrected chi connectivity index (χ1v) is 5.59. The summed E-state index contributed by atoms with van der Waals surface area (Å²) in [4.78, 5) is 5.19. The summed E-state index contributed by atoms with van der Waals surface area (Å²) < 4.78 is 5.18. The van der Waals surface area contributed by atoms with Gasteiger partial charge in [0.25, 0.3) is 0 Å². The molecule has 0 aliphatic carbocycles. The summed E-state index contributed by atoms with van der Waals surface area (Å²) in [7, 11) is 1.76. The molecule has 1 atom stereocenters. The normalized spacial score (nSPS) is 22.3. The molecule has 0 amide bonds. The van der Waals surface area contributed by atoms with E-state index in [9.17, 15) is 0 Å². The number of piperidine rings is 1. The number of rotatable bonds is 6. The van der Waals surface area contributed by atoms with Gasteiger partial charge in [0.15, 0.2) is 0 Å². The van der Waals surface area contributed by atoms with Gasteiger partial charge in [0.2, 0.25) is 0 Å². The minimum atomic E-state index is 0.613. The number of hydrogen-bond donors (Lipinski definition) is 0. The Morgan fingerprint density at radius 1 is 1.60 bits per heavy atom. The first-order valence-electron chi connectivity index (χ1n) is 5.59. The molecule has 1 unspecified atom stereocenters. The summed E-state index contributed by atoms with van der Waals surface area (Å²) in [6.45, 7) is 4.83. The van der Waals surface area contributed by atoms with E-state index in [0.717, 1.165) is 26.1 Å². The summed E-state index contributed by atoms with van der Waals surface area (Å²) in [5, 5.41) is 3.54. The third-order valence-electron chi connectivity index (χ3n) is 2.80. The lowest BCUT2D eigenvalue weighted by Gasteiger charge is -2.32. The van der Waals surface area contributed by atoms with Crippen LogP contribution in [0.2, 0.25) is 0 Å². The minimum Gasteiger partial charge on any atom is -0.384 e. The van der Waals surface area contributed by atoms with Crippen molar-refractivity contribution in [1.82, 2.24) is 4.90 Å². The fourth-order valence-corrected chi connectivity index (χ4v) is 2.14. The van der Waals surface area contributed by atoms with Crippen molar-refractivity contribution in [3.63, 3.8) is 0 Å². The molecule has 0 aromatic carbocycles. The zero-order valence-corrected chi connectivity index (χ0v) is 9.43. The molecule has 1 aliphatic heterocycles. The maximum atomic E-state index is 8.14. The molecule has 1 fully saturated rings. The highest BCUT2D eigenvalue weighted by Crippen LogP contribution is 2.16. The van der Waals surface area contributed by atoms with Gasteiger partial charge in [0.1, 0.15) is 0 Å². The van der Waals surface area contributed by atoms with Crippen LogP contribution in [0.3, 0.4) is 0 Å². The summed E-state index contributed by atoms with van der Waals surface area (Å²) in [6, 6.07) is 0. The van der Waals surface area contributed by atoms with E-state index in [-0.39, 0.29) is 0 Å². The van der Waals surface area contributed by atoms with Crippen LogP contribution in [-0.2, 0) is 4.74 Å². The Labute approximate surface area is 91.0 Å². The molecule has 0 radical (unpaired) electrons. The highest BCUT2D eigenvalue weighted by Gasteiger charge is 2.18. The molecule has 1 rings (SSSR count). The highest BCUT2D eigenvalue weighted by atomic mass is 16.5. The molecule has 0 saturated carbocycles. The van der Waals surface area contributed by atoms with Gasteiger partial charge in [-0.3, -0.25) is 0 Å². The number of azide groups is 1. The van der Waals surface area contributed by atoms with Crippen LogP contribution in [0.25, 0.3) is 10.4 Å². The zero-order valence-electron chi connectivity index (χ0n) is 9.43. The van der Waals surface area contributed by atoms with Crippen molar-refractivity contribution >= 4 is 0 Å². The van der Waals surface area contributed by atoms with Crippen LogP contribution < -0.4 is 0 Å². The molecule has 1 heterocycles. The average molecular weight is 212 g/mol. The second-order valence-electron chi connectivity index (χ2n) is 4.07. The van der Waals surface area contributed by atoms with Gasteiger partial charge in [0, 0.05) is 25.1 Å². The highest BCUT2D eigenvalue weighted by molar-refractivity contribution is 4.72. The predicted octanol–water partition coefficient (Wildman–Crippen LogP) is 2.05. The van der Waals surface area contributed by atoms with E-state index in [4.69, 9.17) is 10.3 Å². The fourth-order valence-electron chi connectivity index (χ4n) is 2.14. The van der Waals surface area contributed by atoms with Crippen molar-refractivity contribution in [2.45, 2.75) is 19.3 Å². The van der Waals surface area contributed by atoms with Crippen molar-refractivity contribution in [3.8, 4) is 0 Å². The number of nitrogens with zero attached hydrogens (tertiary/aromatic N) is 4. The van der Waals surface area contributed by atoms with Crippen LogP contribution in [-0.4, -0.2) is 44.8 Å². The van der Waals surface area contributed by atoms with Gasteiger partial charge in [-0.15, -0.1) is 0 Å². The van der Waals surface area contributed by atoms with Crippen LogP contribution in [0.5, 0.6) is 0 Å². The van der Waals surface area contributed by atoms with E-state index in [1.54, 1.807) is 7.11 Å². The van der Waals surface area contributed by atoms with E-state index >= 15 is 0 Å². The third-order valence-corrected chi connectivity index (χ3v) is 2.80. The molecule has 1 aliphatic rings. The standard InChI is InChI=1S/C10H20N4O/c1-15-9-10-4-2-6-14(8-10)7-3-5-12-13-11/h10H,2-9H2,1H3. The largest absolute Gasteiger partial charge is 0.384 e. The molecule has 5 heteroatoms. The van der Waals surface area contributed by atoms with Crippen molar-refractivity contribution in [2.75, 3.05) is 39.9 Å². The molecular weight excluding hydrogens is 192 g/mol. The second kappa shape index (κ2) is 7.51. The van der Waals surface area contributed by atoms with Crippen LogP contribution in [0.1, 0.15) is 19.3 Å². The molecule has 15 heavy (non-hydrogen) atoms. The summed E-state index contributed by atoms with van der Waals surface area (Å²) >= 11 is 0. The Morgan fingerprint density at radius 2 is 2.47 bits per heavy atom. The van der Waals surface area contributed by atoms with E-state index in [1.807, 2.05) is 0 Å². The Morgan fingerprint density at radius 3 is 3.20 bits per heavy atom. The van der Waals surface area contributed by atoms with E-state index in [1.165, 1.54) is 19.4 Å². The molecular formula is C10H20N4O. The first kappa shape index (κ1) is 12.3. The molecule has 86 valence electrons. The smallest absolute Gasteiger partial charge is 0.0502 e. The first-order chi connectivity index (χ1) is 7.36. The molecule has 0 aromatic rings. The maximum Gasteiger partial charge on any atom is 0.0502 e. The van der Waals surface area contributed by atoms with Crippen LogP contribution >= 0.6 is 0 Å². The van der Waals surface area contributed by atoms with Crippen LogP contribution in [0.4, 0.5) is 0 Å². The van der Waals surface area contributed by atoms with Crippen molar-refractivity contribution in [2.24, 2.45) is 11.0 Å². The van der Waals surface area contributed by atoms with Gasteiger partial charge in [-0.05, 0) is 43.8 Å². The van der Waals surface area contributed by atoms with Crippen molar-refractivity contribution in [1.29, 1.82) is 0 Å². The molecule has 0 aromatic heterocycles. The lowest BCUT2D eigenvalue weighted by Crippen LogP contribution is -2.37. The Balaban J connectivity index is 2.15. The van der Waals surface area contributed by atoms with Gasteiger partial charge in [-0.1, -0.05) is 5.11 Å². The number of methoxy groups -OCH3 is 1. The summed E-state index contributed by atoms with van der Waals surface area (Å²) in [5.41, 5.74) is 8.14. The molecule has 0 spiro atoms. The minimum absolute atomic E-state index is 0.613. The number of ether oxygens (including phenoxy) is 1. The Kier molecular flexibility index (Phi) is 6.16. The zero-order chi connectivity index (χ0) is 10.9. The monoisotopic (exact) mass is 212 g/mol. The summed E-state index contributed by atoms with van der Waals surface area (Å²) in [6.07, 6.45) is 3.50. The van der Waals surface area contributed by atoms with Gasteiger partial charge >= 0.3 is 0 Å². The average Bonchev–Trinajstić information content (AvgIpc) is 2.26. The molecule has 0 N–H and O–H groups in total. The van der Waals surface area contributed by atoms with Crippen LogP contribution in [0.15, 0.2) is 5.11 Å². The topological polar surface area (TPSA) is 61.2 Å². The Hall–Kier alpha value is -0.770. The predicted molar refractivity (Wildman–Crippen MR) is 59.7 cm³/mol. The quantitative estimate of drug-likeness (QED) is 0.293. The lowest BCUT2D eigenvalue weighted by molar-refractivity contribution is 0.0904. The number of likely N-dealkylation sites (tertiary alicyclic amines) is 1. The number of hydrogen-bond acceptors (Lipinski definition) is 3. The van der Waals surface area contributed by atoms with Gasteiger partial charge in [-0.25, -0.2) is 0 Å². The van der Waals surface area contributed by atoms with Gasteiger partial charge < -0.3 is 9.64 Å². The molecule has 0 bridgehead atoms. The second-order valence-corrected chi connectivity index (χ2v) is 4.07. The van der Waals surface area contributed by atoms with Gasteiger partial charge in [0.05, 0.1) is 6.61 Å². The SMILES string of the molecule is COCC1CCCN(CCCN=[N+]=[N-])C1. The summed E-state index contributed by atoms with van der Waals surface area (Å²) in [5.74, 6) is 0.684. The van der Waals surface area contributed by atoms with Crippen molar-refractivity contribution < 1.29 is 4.74 Å². The third kappa shape index (κ3) is 5.02. The maximum absolute atomic E-state index is 8.14.